The van der Waals surface area contributed by atoms with Crippen LogP contribution in [-0.2, 0) is 0 Å². The molecule has 1 aliphatic heterocycles. The molecule has 1 unspecified atom stereocenters. The van der Waals surface area contributed by atoms with Crippen LogP contribution in [-0.4, -0.2) is 67.6 Å². The summed E-state index contributed by atoms with van der Waals surface area (Å²) in [5.74, 6) is 0. The van der Waals surface area contributed by atoms with Gasteiger partial charge in [-0.05, 0) is 48.4 Å². The van der Waals surface area contributed by atoms with Crippen molar-refractivity contribution in [3.63, 3.8) is 0 Å². The van der Waals surface area contributed by atoms with Crippen molar-refractivity contribution < 1.29 is 0 Å². The van der Waals surface area contributed by atoms with E-state index in [0.717, 1.165) is 50.8 Å². The van der Waals surface area contributed by atoms with Gasteiger partial charge in [-0.15, -0.1) is 0 Å². The van der Waals surface area contributed by atoms with E-state index in [9.17, 15) is 0 Å². The summed E-state index contributed by atoms with van der Waals surface area (Å²) in [6.07, 6.45) is 2.40. The van der Waals surface area contributed by atoms with Crippen LogP contribution in [0.4, 0.5) is 0 Å². The predicted molar refractivity (Wildman–Crippen MR) is 145 cm³/mol. The lowest BCUT2D eigenvalue weighted by Gasteiger charge is -2.35. The highest BCUT2D eigenvalue weighted by molar-refractivity contribution is 6.30. The Labute approximate surface area is 210 Å². The molecule has 178 valence electrons. The zero-order valence-corrected chi connectivity index (χ0v) is 21.2. The van der Waals surface area contributed by atoms with E-state index < -0.39 is 0 Å². The van der Waals surface area contributed by atoms with Gasteiger partial charge in [0.2, 0.25) is 0 Å². The van der Waals surface area contributed by atoms with E-state index in [-0.39, 0.29) is 0 Å². The van der Waals surface area contributed by atoms with Gasteiger partial charge in [0.25, 0.3) is 0 Å². The van der Waals surface area contributed by atoms with Crippen LogP contribution < -0.4 is 0 Å². The van der Waals surface area contributed by atoms with Crippen molar-refractivity contribution in [2.24, 2.45) is 0 Å². The molecule has 0 saturated carbocycles. The van der Waals surface area contributed by atoms with Gasteiger partial charge in [-0.25, -0.2) is 0 Å². The summed E-state index contributed by atoms with van der Waals surface area (Å²) in [4.78, 5) is 7.60. The van der Waals surface area contributed by atoms with Crippen LogP contribution in [0.15, 0.2) is 91.0 Å². The highest BCUT2D eigenvalue weighted by Crippen LogP contribution is 2.26. The number of piperazine rings is 1. The first-order valence-electron chi connectivity index (χ1n) is 12.3. The molecule has 0 aliphatic carbocycles. The van der Waals surface area contributed by atoms with Gasteiger partial charge in [0.1, 0.15) is 0 Å². The largest absolute Gasteiger partial charge is 0.304 e. The van der Waals surface area contributed by atoms with E-state index in [1.54, 1.807) is 0 Å². The van der Waals surface area contributed by atoms with Crippen LogP contribution in [0.3, 0.4) is 0 Å². The molecule has 3 nitrogen and oxygen atoms in total. The van der Waals surface area contributed by atoms with Crippen molar-refractivity contribution in [2.75, 3.05) is 52.9 Å². The topological polar surface area (TPSA) is 9.72 Å². The summed E-state index contributed by atoms with van der Waals surface area (Å²) in [7, 11) is 2.21. The molecule has 0 radical (unpaired) electrons. The minimum Gasteiger partial charge on any atom is -0.304 e. The maximum Gasteiger partial charge on any atom is 0.0406 e. The molecule has 0 aromatic heterocycles. The molecule has 1 heterocycles. The minimum atomic E-state index is 0.300. The predicted octanol–water partition coefficient (Wildman–Crippen LogP) is 6.08. The lowest BCUT2D eigenvalue weighted by molar-refractivity contribution is 0.127. The smallest absolute Gasteiger partial charge is 0.0406 e. The molecule has 1 fully saturated rings. The van der Waals surface area contributed by atoms with Gasteiger partial charge in [0.15, 0.2) is 0 Å². The molecule has 0 bridgehead atoms. The maximum atomic E-state index is 6.18. The van der Waals surface area contributed by atoms with Crippen molar-refractivity contribution in [2.45, 2.75) is 13.0 Å². The molecule has 34 heavy (non-hydrogen) atoms. The molecule has 4 heteroatoms. The first-order valence-corrected chi connectivity index (χ1v) is 12.7. The Morgan fingerprint density at radius 2 is 1.41 bits per heavy atom. The Morgan fingerprint density at radius 3 is 1.97 bits per heavy atom. The highest BCUT2D eigenvalue weighted by atomic mass is 35.5. The summed E-state index contributed by atoms with van der Waals surface area (Å²) in [5.41, 5.74) is 5.10. The summed E-state index contributed by atoms with van der Waals surface area (Å²) < 4.78 is 0. The number of hydrogen-bond acceptors (Lipinski definition) is 3. The SMILES string of the molecule is CC(c1ccc(Cl)cc1)N(CC=C(c1ccccc1)c1ccccc1)CCN1CCN(C)CC1. The third-order valence-electron chi connectivity index (χ3n) is 6.90. The number of nitrogens with zero attached hydrogens (tertiary/aromatic N) is 3. The summed E-state index contributed by atoms with van der Waals surface area (Å²) in [6.45, 7) is 9.91. The third-order valence-corrected chi connectivity index (χ3v) is 7.15. The Hall–Kier alpha value is -2.43. The van der Waals surface area contributed by atoms with Gasteiger partial charge in [-0.1, -0.05) is 90.5 Å². The van der Waals surface area contributed by atoms with Gasteiger partial charge in [-0.2, -0.15) is 0 Å². The van der Waals surface area contributed by atoms with Crippen molar-refractivity contribution >= 4 is 17.2 Å². The Bertz CT molecular complexity index is 984. The highest BCUT2D eigenvalue weighted by Gasteiger charge is 2.19. The van der Waals surface area contributed by atoms with Gasteiger partial charge in [-0.3, -0.25) is 9.80 Å². The molecular formula is C30H36ClN3. The van der Waals surface area contributed by atoms with Crippen LogP contribution in [0.2, 0.25) is 5.02 Å². The van der Waals surface area contributed by atoms with Gasteiger partial charge in [0, 0.05) is 56.9 Å². The number of hydrogen-bond donors (Lipinski definition) is 0. The van der Waals surface area contributed by atoms with Gasteiger partial charge in [0.05, 0.1) is 0 Å². The number of likely N-dealkylation sites (N-methyl/N-ethyl adjacent to an activating group) is 1. The third kappa shape index (κ3) is 6.80. The zero-order valence-electron chi connectivity index (χ0n) is 20.4. The molecule has 0 amide bonds. The van der Waals surface area contributed by atoms with Crippen LogP contribution in [0, 0.1) is 0 Å². The summed E-state index contributed by atoms with van der Waals surface area (Å²) in [5, 5.41) is 0.787. The fourth-order valence-corrected chi connectivity index (χ4v) is 4.71. The first-order chi connectivity index (χ1) is 16.6. The second-order valence-electron chi connectivity index (χ2n) is 9.22. The van der Waals surface area contributed by atoms with E-state index in [4.69, 9.17) is 11.6 Å². The van der Waals surface area contributed by atoms with Crippen molar-refractivity contribution in [1.82, 2.24) is 14.7 Å². The molecule has 1 atom stereocenters. The maximum absolute atomic E-state index is 6.18. The summed E-state index contributed by atoms with van der Waals surface area (Å²) in [6, 6.07) is 30.1. The zero-order chi connectivity index (χ0) is 23.8. The Morgan fingerprint density at radius 1 is 0.853 bits per heavy atom. The van der Waals surface area contributed by atoms with E-state index in [1.165, 1.54) is 22.3 Å². The second kappa shape index (κ2) is 12.3. The molecule has 3 aromatic carbocycles. The monoisotopic (exact) mass is 473 g/mol. The lowest BCUT2D eigenvalue weighted by atomic mass is 9.97. The molecule has 4 rings (SSSR count). The lowest BCUT2D eigenvalue weighted by Crippen LogP contribution is -2.47. The fraction of sp³-hybridized carbons (Fsp3) is 0.333. The summed E-state index contributed by atoms with van der Waals surface area (Å²) >= 11 is 6.18. The van der Waals surface area contributed by atoms with E-state index in [2.05, 4.69) is 108 Å². The van der Waals surface area contributed by atoms with Crippen LogP contribution >= 0.6 is 11.6 Å². The number of rotatable bonds is 9. The standard InChI is InChI=1S/C30H36ClN3/c1-25(26-13-15-29(31)16-14-26)34(24-23-33-21-19-32(2)20-22-33)18-17-30(27-9-5-3-6-10-27)28-11-7-4-8-12-28/h3-17,25H,18-24H2,1-2H3. The average molecular weight is 474 g/mol. The molecular weight excluding hydrogens is 438 g/mol. The van der Waals surface area contributed by atoms with E-state index >= 15 is 0 Å². The second-order valence-corrected chi connectivity index (χ2v) is 9.65. The molecule has 1 saturated heterocycles. The quantitative estimate of drug-likeness (QED) is 0.372. The minimum absolute atomic E-state index is 0.300. The van der Waals surface area contributed by atoms with Crippen LogP contribution in [0.25, 0.3) is 5.57 Å². The molecule has 3 aromatic rings. The van der Waals surface area contributed by atoms with Gasteiger partial charge >= 0.3 is 0 Å². The van der Waals surface area contributed by atoms with Crippen LogP contribution in [0.5, 0.6) is 0 Å². The van der Waals surface area contributed by atoms with Crippen LogP contribution in [0.1, 0.15) is 29.7 Å². The van der Waals surface area contributed by atoms with Crippen molar-refractivity contribution in [3.8, 4) is 0 Å². The van der Waals surface area contributed by atoms with E-state index in [0.29, 0.717) is 6.04 Å². The average Bonchev–Trinajstić information content (AvgIpc) is 2.88. The first kappa shape index (κ1) is 24.7. The van der Waals surface area contributed by atoms with E-state index in [1.807, 2.05) is 12.1 Å². The number of halogens is 1. The van der Waals surface area contributed by atoms with Crippen molar-refractivity contribution in [3.05, 3.63) is 113 Å². The molecule has 0 N–H and O–H groups in total. The molecule has 1 aliphatic rings. The fourth-order valence-electron chi connectivity index (χ4n) is 4.58. The Kier molecular flexibility index (Phi) is 8.95. The van der Waals surface area contributed by atoms with Crippen molar-refractivity contribution in [1.29, 1.82) is 0 Å². The number of benzene rings is 3. The normalized spacial score (nSPS) is 15.9. The van der Waals surface area contributed by atoms with Gasteiger partial charge < -0.3 is 4.90 Å². The Balaban J connectivity index is 1.57. The molecule has 0 spiro atoms.